The van der Waals surface area contributed by atoms with Crippen molar-refractivity contribution in [2.75, 3.05) is 6.54 Å². The van der Waals surface area contributed by atoms with Gasteiger partial charge in [-0.15, -0.1) is 0 Å². The van der Waals surface area contributed by atoms with Gasteiger partial charge in [0.05, 0.1) is 12.1 Å². The predicted octanol–water partition coefficient (Wildman–Crippen LogP) is 2.20. The lowest BCUT2D eigenvalue weighted by Crippen LogP contribution is -2.48. The Balaban J connectivity index is 1.64. The molecule has 0 spiro atoms. The Labute approximate surface area is 149 Å². The summed E-state index contributed by atoms with van der Waals surface area (Å²) in [6.45, 7) is 3.27. The van der Waals surface area contributed by atoms with Crippen molar-refractivity contribution in [3.63, 3.8) is 0 Å². The summed E-state index contributed by atoms with van der Waals surface area (Å²) >= 11 is 0. The first-order valence-electron chi connectivity index (χ1n) is 9.14. The first-order chi connectivity index (χ1) is 12.1. The van der Waals surface area contributed by atoms with E-state index in [9.17, 15) is 14.9 Å². The van der Waals surface area contributed by atoms with Crippen LogP contribution in [0.5, 0.6) is 0 Å². The summed E-state index contributed by atoms with van der Waals surface area (Å²) in [6.07, 6.45) is 4.96. The number of nitriles is 1. The summed E-state index contributed by atoms with van der Waals surface area (Å²) in [5, 5.41) is 12.3. The number of rotatable bonds is 5. The molecular formula is C20H25N3O2. The zero-order chi connectivity index (χ0) is 17.8. The number of carbonyl (C=O) groups excluding carboxylic acids is 2. The maximum Gasteiger partial charge on any atom is 0.245 e. The molecular weight excluding hydrogens is 314 g/mol. The molecule has 1 fully saturated rings. The lowest BCUT2D eigenvalue weighted by atomic mass is 9.94. The molecule has 2 aliphatic rings. The number of carbonyl (C=O) groups is 2. The fourth-order valence-electron chi connectivity index (χ4n) is 3.88. The van der Waals surface area contributed by atoms with Gasteiger partial charge in [0.25, 0.3) is 0 Å². The molecule has 0 radical (unpaired) electrons. The monoisotopic (exact) mass is 339 g/mol. The highest BCUT2D eigenvalue weighted by Gasteiger charge is 2.35. The zero-order valence-electron chi connectivity index (χ0n) is 14.7. The molecule has 1 aromatic carbocycles. The van der Waals surface area contributed by atoms with Gasteiger partial charge in [0, 0.05) is 19.1 Å². The molecule has 0 aromatic heterocycles. The van der Waals surface area contributed by atoms with Gasteiger partial charge in [0.2, 0.25) is 5.91 Å². The molecule has 0 unspecified atom stereocenters. The number of hydrogen-bond acceptors (Lipinski definition) is 4. The van der Waals surface area contributed by atoms with Crippen LogP contribution in [0.3, 0.4) is 0 Å². The van der Waals surface area contributed by atoms with Crippen LogP contribution in [-0.2, 0) is 22.6 Å². The van der Waals surface area contributed by atoms with Gasteiger partial charge in [-0.2, -0.15) is 5.26 Å². The first kappa shape index (κ1) is 17.6. The minimum absolute atomic E-state index is 0.119. The van der Waals surface area contributed by atoms with E-state index in [1.54, 1.807) is 0 Å². The van der Waals surface area contributed by atoms with Gasteiger partial charge in [-0.25, -0.2) is 0 Å². The van der Waals surface area contributed by atoms with E-state index in [2.05, 4.69) is 22.3 Å². The van der Waals surface area contributed by atoms with Gasteiger partial charge in [0.1, 0.15) is 0 Å². The van der Waals surface area contributed by atoms with Crippen LogP contribution in [0.25, 0.3) is 0 Å². The minimum Gasteiger partial charge on any atom is -0.352 e. The molecule has 132 valence electrons. The maximum absolute atomic E-state index is 12.8. The average molecular weight is 339 g/mol. The number of Topliss-reactive ketones (excluding diaryl/α,β-unsaturated/α-hetero) is 1. The van der Waals surface area contributed by atoms with Gasteiger partial charge < -0.3 is 5.32 Å². The molecule has 0 saturated heterocycles. The molecule has 1 aliphatic heterocycles. The number of hydrogen-bond donors (Lipinski definition) is 1. The SMILES string of the molecule is C[C@@H](C(=O)[C@@H](C#N)C(=O)NC1CCCC1)N1CCc2ccccc2C1. The summed E-state index contributed by atoms with van der Waals surface area (Å²) in [5.41, 5.74) is 2.53. The molecule has 2 atom stereocenters. The van der Waals surface area contributed by atoms with Crippen LogP contribution in [0.15, 0.2) is 24.3 Å². The Morgan fingerprint density at radius 1 is 1.24 bits per heavy atom. The van der Waals surface area contributed by atoms with Crippen LogP contribution >= 0.6 is 0 Å². The highest BCUT2D eigenvalue weighted by molar-refractivity contribution is 6.06. The van der Waals surface area contributed by atoms with E-state index in [0.717, 1.165) is 38.6 Å². The van der Waals surface area contributed by atoms with Gasteiger partial charge in [-0.1, -0.05) is 37.1 Å². The number of benzene rings is 1. The Hall–Kier alpha value is -2.19. The van der Waals surface area contributed by atoms with Crippen molar-refractivity contribution in [2.24, 2.45) is 5.92 Å². The van der Waals surface area contributed by atoms with Crippen LogP contribution in [0.2, 0.25) is 0 Å². The van der Waals surface area contributed by atoms with Crippen molar-refractivity contribution in [3.05, 3.63) is 35.4 Å². The molecule has 5 nitrogen and oxygen atoms in total. The fraction of sp³-hybridized carbons (Fsp3) is 0.550. The first-order valence-corrected chi connectivity index (χ1v) is 9.14. The minimum atomic E-state index is -1.22. The van der Waals surface area contributed by atoms with Crippen LogP contribution in [-0.4, -0.2) is 35.2 Å². The topological polar surface area (TPSA) is 73.2 Å². The van der Waals surface area contributed by atoms with Gasteiger partial charge >= 0.3 is 0 Å². The third-order valence-corrected chi connectivity index (χ3v) is 5.50. The van der Waals surface area contributed by atoms with Gasteiger partial charge in [-0.05, 0) is 37.3 Å². The maximum atomic E-state index is 12.8. The van der Waals surface area contributed by atoms with E-state index in [0.29, 0.717) is 6.54 Å². The van der Waals surface area contributed by atoms with Crippen LogP contribution < -0.4 is 5.32 Å². The molecule has 1 saturated carbocycles. The van der Waals surface area contributed by atoms with E-state index in [1.165, 1.54) is 11.1 Å². The number of ketones is 1. The molecule has 5 heteroatoms. The highest BCUT2D eigenvalue weighted by Crippen LogP contribution is 2.22. The van der Waals surface area contributed by atoms with Crippen molar-refractivity contribution in [1.29, 1.82) is 5.26 Å². The van der Waals surface area contributed by atoms with Crippen LogP contribution in [0.1, 0.15) is 43.7 Å². The molecule has 0 bridgehead atoms. The Kier molecular flexibility index (Phi) is 5.50. The lowest BCUT2D eigenvalue weighted by Gasteiger charge is -2.33. The number of amides is 1. The van der Waals surface area contributed by atoms with Crippen molar-refractivity contribution in [3.8, 4) is 6.07 Å². The van der Waals surface area contributed by atoms with Crippen molar-refractivity contribution in [2.45, 2.75) is 57.7 Å². The standard InChI is InChI=1S/C20H25N3O2/c1-14(23-11-10-15-6-2-3-7-16(15)13-23)19(24)18(12-21)20(25)22-17-8-4-5-9-17/h2-3,6-7,14,17-18H,4-5,8-11,13H2,1H3,(H,22,25)/t14-,18+/m0/s1. The third kappa shape index (κ3) is 3.91. The molecule has 3 rings (SSSR count). The van der Waals surface area contributed by atoms with E-state index in [-0.39, 0.29) is 11.8 Å². The molecule has 1 aromatic rings. The van der Waals surface area contributed by atoms with Crippen LogP contribution in [0, 0.1) is 17.2 Å². The van der Waals surface area contributed by atoms with Crippen molar-refractivity contribution in [1.82, 2.24) is 10.2 Å². The highest BCUT2D eigenvalue weighted by atomic mass is 16.2. The number of fused-ring (bicyclic) bond motifs is 1. The molecule has 25 heavy (non-hydrogen) atoms. The third-order valence-electron chi connectivity index (χ3n) is 5.50. The zero-order valence-corrected chi connectivity index (χ0v) is 14.7. The van der Waals surface area contributed by atoms with Crippen molar-refractivity contribution >= 4 is 11.7 Å². The summed E-state index contributed by atoms with van der Waals surface area (Å²) in [5.74, 6) is -1.94. The second-order valence-corrected chi connectivity index (χ2v) is 7.12. The van der Waals surface area contributed by atoms with E-state index in [1.807, 2.05) is 25.1 Å². The fourth-order valence-corrected chi connectivity index (χ4v) is 3.88. The lowest BCUT2D eigenvalue weighted by molar-refractivity contribution is -0.135. The summed E-state index contributed by atoms with van der Waals surface area (Å²) < 4.78 is 0. The Morgan fingerprint density at radius 2 is 1.92 bits per heavy atom. The second-order valence-electron chi connectivity index (χ2n) is 7.12. The molecule has 1 amide bonds. The van der Waals surface area contributed by atoms with Gasteiger partial charge in [0.15, 0.2) is 11.7 Å². The normalized spacial score (nSPS) is 20.3. The Morgan fingerprint density at radius 3 is 2.60 bits per heavy atom. The van der Waals surface area contributed by atoms with E-state index < -0.39 is 17.9 Å². The number of nitrogens with one attached hydrogen (secondary N) is 1. The molecule has 1 N–H and O–H groups in total. The van der Waals surface area contributed by atoms with Crippen molar-refractivity contribution < 1.29 is 9.59 Å². The van der Waals surface area contributed by atoms with E-state index in [4.69, 9.17) is 0 Å². The number of nitrogens with zero attached hydrogens (tertiary/aromatic N) is 2. The van der Waals surface area contributed by atoms with Gasteiger partial charge in [-0.3, -0.25) is 14.5 Å². The van der Waals surface area contributed by atoms with E-state index >= 15 is 0 Å². The average Bonchev–Trinajstić information content (AvgIpc) is 3.14. The Bertz CT molecular complexity index is 688. The summed E-state index contributed by atoms with van der Waals surface area (Å²) in [6, 6.07) is 9.83. The molecule has 1 heterocycles. The van der Waals surface area contributed by atoms with Crippen LogP contribution in [0.4, 0.5) is 0 Å². The smallest absolute Gasteiger partial charge is 0.245 e. The largest absolute Gasteiger partial charge is 0.352 e. The molecule has 1 aliphatic carbocycles. The second kappa shape index (κ2) is 7.79. The predicted molar refractivity (Wildman–Crippen MR) is 94.5 cm³/mol. The summed E-state index contributed by atoms with van der Waals surface area (Å²) in [7, 11) is 0. The quantitative estimate of drug-likeness (QED) is 0.835. The summed E-state index contributed by atoms with van der Waals surface area (Å²) in [4.78, 5) is 27.2.